The summed E-state index contributed by atoms with van der Waals surface area (Å²) in [6, 6.07) is 9.77. The van der Waals surface area contributed by atoms with Crippen LogP contribution in [0.2, 0.25) is 0 Å². The number of rotatable bonds is 2. The van der Waals surface area contributed by atoms with Crippen LogP contribution in [0.15, 0.2) is 36.4 Å². The van der Waals surface area contributed by atoms with Crippen LogP contribution in [0, 0.1) is 0 Å². The molecule has 2 rings (SSSR count). The highest BCUT2D eigenvalue weighted by Gasteiger charge is 2.28. The topological polar surface area (TPSA) is 40.5 Å². The summed E-state index contributed by atoms with van der Waals surface area (Å²) in [5.74, 6) is 0.0225. The van der Waals surface area contributed by atoms with Gasteiger partial charge in [-0.05, 0) is 31.4 Å². The van der Waals surface area contributed by atoms with Gasteiger partial charge in [0.1, 0.15) is 0 Å². The van der Waals surface area contributed by atoms with Gasteiger partial charge in [0.2, 0.25) is 5.91 Å². The van der Waals surface area contributed by atoms with Crippen LogP contribution < -0.4 is 0 Å². The van der Waals surface area contributed by atoms with Crippen molar-refractivity contribution in [2.75, 3.05) is 13.1 Å². The van der Waals surface area contributed by atoms with Crippen molar-refractivity contribution in [3.63, 3.8) is 0 Å². The molecule has 0 radical (unpaired) electrons. The summed E-state index contributed by atoms with van der Waals surface area (Å²) in [5.41, 5.74) is 0.412. The van der Waals surface area contributed by atoms with Crippen LogP contribution >= 0.6 is 0 Å². The third-order valence-electron chi connectivity index (χ3n) is 3.37. The Morgan fingerprint density at radius 1 is 1.28 bits per heavy atom. The second kappa shape index (κ2) is 5.36. The van der Waals surface area contributed by atoms with Crippen molar-refractivity contribution in [3.05, 3.63) is 42.0 Å². The molecule has 0 atom stereocenters. The molecule has 0 bridgehead atoms. The number of aliphatic hydroxyl groups is 1. The zero-order chi connectivity index (χ0) is 13.0. The highest BCUT2D eigenvalue weighted by molar-refractivity contribution is 5.91. The van der Waals surface area contributed by atoms with Gasteiger partial charge in [-0.25, -0.2) is 0 Å². The van der Waals surface area contributed by atoms with Gasteiger partial charge < -0.3 is 10.0 Å². The van der Waals surface area contributed by atoms with Crippen molar-refractivity contribution in [1.29, 1.82) is 0 Å². The number of hydrogen-bond donors (Lipinski definition) is 1. The molecule has 18 heavy (non-hydrogen) atoms. The fourth-order valence-corrected chi connectivity index (χ4v) is 2.05. The number of benzene rings is 1. The van der Waals surface area contributed by atoms with E-state index in [2.05, 4.69) is 0 Å². The molecule has 96 valence electrons. The van der Waals surface area contributed by atoms with Crippen LogP contribution in [-0.2, 0) is 4.79 Å². The summed E-state index contributed by atoms with van der Waals surface area (Å²) in [6.45, 7) is 3.09. The normalized spacial score (nSPS) is 19.1. The summed E-state index contributed by atoms with van der Waals surface area (Å²) in [6.07, 6.45) is 4.74. The molecular formula is C15H19NO2. The Morgan fingerprint density at radius 2 is 1.89 bits per heavy atom. The maximum absolute atomic E-state index is 11.9. The minimum atomic E-state index is -0.611. The van der Waals surface area contributed by atoms with E-state index in [1.807, 2.05) is 43.3 Å². The van der Waals surface area contributed by atoms with Gasteiger partial charge in [-0.15, -0.1) is 0 Å². The first-order chi connectivity index (χ1) is 8.57. The number of carbonyl (C=O) groups excluding carboxylic acids is 1. The molecule has 1 aromatic rings. The second-order valence-corrected chi connectivity index (χ2v) is 5.07. The lowest BCUT2D eigenvalue weighted by atomic mass is 9.94. The van der Waals surface area contributed by atoms with Crippen LogP contribution in [0.1, 0.15) is 25.3 Å². The van der Waals surface area contributed by atoms with E-state index in [1.54, 1.807) is 11.0 Å². The molecule has 1 heterocycles. The second-order valence-electron chi connectivity index (χ2n) is 5.07. The highest BCUT2D eigenvalue weighted by Crippen LogP contribution is 2.21. The minimum Gasteiger partial charge on any atom is -0.390 e. The van der Waals surface area contributed by atoms with Crippen LogP contribution in [0.3, 0.4) is 0 Å². The van der Waals surface area contributed by atoms with E-state index in [1.165, 1.54) is 0 Å². The number of likely N-dealkylation sites (tertiary alicyclic amines) is 1. The molecule has 0 saturated carbocycles. The number of carbonyl (C=O) groups is 1. The van der Waals surface area contributed by atoms with E-state index in [-0.39, 0.29) is 5.91 Å². The molecule has 1 N–H and O–H groups in total. The summed E-state index contributed by atoms with van der Waals surface area (Å²) in [5, 5.41) is 9.83. The van der Waals surface area contributed by atoms with Gasteiger partial charge in [0, 0.05) is 19.2 Å². The van der Waals surface area contributed by atoms with E-state index < -0.39 is 5.60 Å². The first-order valence-electron chi connectivity index (χ1n) is 6.31. The maximum atomic E-state index is 11.9. The van der Waals surface area contributed by atoms with E-state index in [9.17, 15) is 9.90 Å². The van der Waals surface area contributed by atoms with Gasteiger partial charge in [-0.2, -0.15) is 0 Å². The van der Waals surface area contributed by atoms with Crippen molar-refractivity contribution >= 4 is 12.0 Å². The third kappa shape index (κ3) is 3.44. The molecule has 1 amide bonds. The van der Waals surface area contributed by atoms with Crippen molar-refractivity contribution in [1.82, 2.24) is 4.90 Å². The van der Waals surface area contributed by atoms with Gasteiger partial charge in [0.15, 0.2) is 0 Å². The van der Waals surface area contributed by atoms with Crippen molar-refractivity contribution < 1.29 is 9.90 Å². The predicted molar refractivity (Wildman–Crippen MR) is 71.9 cm³/mol. The molecule has 1 aromatic carbocycles. The number of piperidine rings is 1. The fourth-order valence-electron chi connectivity index (χ4n) is 2.05. The van der Waals surface area contributed by atoms with Crippen molar-refractivity contribution in [3.8, 4) is 0 Å². The molecule has 0 spiro atoms. The molecule has 3 nitrogen and oxygen atoms in total. The minimum absolute atomic E-state index is 0.0225. The van der Waals surface area contributed by atoms with Crippen LogP contribution in [0.25, 0.3) is 6.08 Å². The van der Waals surface area contributed by atoms with Crippen LogP contribution in [0.5, 0.6) is 0 Å². The van der Waals surface area contributed by atoms with Gasteiger partial charge in [0.05, 0.1) is 5.60 Å². The van der Waals surface area contributed by atoms with Crippen LogP contribution in [0.4, 0.5) is 0 Å². The monoisotopic (exact) mass is 245 g/mol. The number of amides is 1. The maximum Gasteiger partial charge on any atom is 0.246 e. The highest BCUT2D eigenvalue weighted by atomic mass is 16.3. The SMILES string of the molecule is CC1(O)CCN(C(=O)/C=C/c2ccccc2)CC1. The van der Waals surface area contributed by atoms with E-state index in [0.717, 1.165) is 5.56 Å². The van der Waals surface area contributed by atoms with Gasteiger partial charge in [0.25, 0.3) is 0 Å². The Kier molecular flexibility index (Phi) is 3.82. The Hall–Kier alpha value is -1.61. The number of hydrogen-bond acceptors (Lipinski definition) is 2. The first-order valence-corrected chi connectivity index (χ1v) is 6.31. The lowest BCUT2D eigenvalue weighted by Gasteiger charge is -2.35. The molecule has 0 unspecified atom stereocenters. The zero-order valence-electron chi connectivity index (χ0n) is 10.7. The lowest BCUT2D eigenvalue weighted by Crippen LogP contribution is -2.44. The molecule has 0 aliphatic carbocycles. The van der Waals surface area contributed by atoms with Crippen molar-refractivity contribution in [2.24, 2.45) is 0 Å². The predicted octanol–water partition coefficient (Wildman–Crippen LogP) is 2.07. The largest absolute Gasteiger partial charge is 0.390 e. The Labute approximate surface area is 108 Å². The smallest absolute Gasteiger partial charge is 0.246 e. The third-order valence-corrected chi connectivity index (χ3v) is 3.37. The van der Waals surface area contributed by atoms with Gasteiger partial charge in [-0.1, -0.05) is 30.3 Å². The standard InChI is InChI=1S/C15H19NO2/c1-15(18)9-11-16(12-10-15)14(17)8-7-13-5-3-2-4-6-13/h2-8,18H,9-12H2,1H3/b8-7+. The van der Waals surface area contributed by atoms with E-state index in [0.29, 0.717) is 25.9 Å². The quantitative estimate of drug-likeness (QED) is 0.810. The van der Waals surface area contributed by atoms with Gasteiger partial charge in [-0.3, -0.25) is 4.79 Å². The van der Waals surface area contributed by atoms with E-state index in [4.69, 9.17) is 0 Å². The molecule has 1 aliphatic heterocycles. The van der Waals surface area contributed by atoms with E-state index >= 15 is 0 Å². The lowest BCUT2D eigenvalue weighted by molar-refractivity contribution is -0.129. The average molecular weight is 245 g/mol. The molecule has 0 aromatic heterocycles. The summed E-state index contributed by atoms with van der Waals surface area (Å²) >= 11 is 0. The average Bonchev–Trinajstić information content (AvgIpc) is 2.37. The fraction of sp³-hybridized carbons (Fsp3) is 0.400. The van der Waals surface area contributed by atoms with Gasteiger partial charge >= 0.3 is 0 Å². The Bertz CT molecular complexity index is 427. The van der Waals surface area contributed by atoms with Crippen molar-refractivity contribution in [2.45, 2.75) is 25.4 Å². The molecule has 1 fully saturated rings. The first kappa shape index (κ1) is 12.8. The summed E-state index contributed by atoms with van der Waals surface area (Å²) in [4.78, 5) is 13.7. The number of nitrogens with zero attached hydrogens (tertiary/aromatic N) is 1. The molecule has 1 saturated heterocycles. The molecule has 1 aliphatic rings. The molecule has 3 heteroatoms. The Balaban J connectivity index is 1.91. The zero-order valence-corrected chi connectivity index (χ0v) is 10.7. The molecular weight excluding hydrogens is 226 g/mol. The summed E-state index contributed by atoms with van der Waals surface area (Å²) < 4.78 is 0. The Morgan fingerprint density at radius 3 is 2.50 bits per heavy atom. The van der Waals surface area contributed by atoms with Crippen LogP contribution in [-0.4, -0.2) is 34.6 Å². The summed E-state index contributed by atoms with van der Waals surface area (Å²) in [7, 11) is 0.